The molecule has 0 unspecified atom stereocenters. The molecular formula is C14H13N3O2. The zero-order chi connectivity index (χ0) is 13.7. The van der Waals surface area contributed by atoms with Gasteiger partial charge in [0.2, 0.25) is 0 Å². The van der Waals surface area contributed by atoms with E-state index in [1.54, 1.807) is 18.5 Å². The second kappa shape index (κ2) is 5.77. The van der Waals surface area contributed by atoms with Gasteiger partial charge in [-0.3, -0.25) is 10.1 Å². The maximum atomic E-state index is 10.5. The molecule has 0 N–H and O–H groups in total. The van der Waals surface area contributed by atoms with E-state index in [0.29, 0.717) is 5.69 Å². The molecule has 0 bridgehead atoms. The van der Waals surface area contributed by atoms with Crippen molar-refractivity contribution in [1.82, 2.24) is 0 Å². The molecule has 0 atom stereocenters. The topological polar surface area (TPSA) is 58.7 Å². The van der Waals surface area contributed by atoms with Crippen molar-refractivity contribution in [2.24, 2.45) is 4.99 Å². The average Bonchev–Trinajstić information content (AvgIpc) is 2.46. The van der Waals surface area contributed by atoms with Crippen LogP contribution < -0.4 is 4.90 Å². The lowest BCUT2D eigenvalue weighted by Crippen LogP contribution is -2.13. The Morgan fingerprint density at radius 2 is 1.74 bits per heavy atom. The molecule has 19 heavy (non-hydrogen) atoms. The molecule has 0 aliphatic heterocycles. The lowest BCUT2D eigenvalue weighted by Gasteiger charge is -2.12. The monoisotopic (exact) mass is 255 g/mol. The van der Waals surface area contributed by atoms with Crippen LogP contribution in [0.2, 0.25) is 0 Å². The fourth-order valence-electron chi connectivity index (χ4n) is 1.54. The number of benzene rings is 2. The van der Waals surface area contributed by atoms with Gasteiger partial charge in [0.25, 0.3) is 5.69 Å². The van der Waals surface area contributed by atoms with Gasteiger partial charge in [-0.15, -0.1) is 0 Å². The molecular weight excluding hydrogens is 242 g/mol. The van der Waals surface area contributed by atoms with Gasteiger partial charge >= 0.3 is 0 Å². The van der Waals surface area contributed by atoms with Crippen LogP contribution in [0.15, 0.2) is 59.6 Å². The molecule has 0 aliphatic carbocycles. The molecule has 0 aliphatic rings. The number of non-ortho nitro benzene ring substituents is 1. The lowest BCUT2D eigenvalue weighted by molar-refractivity contribution is -0.384. The van der Waals surface area contributed by atoms with Gasteiger partial charge in [-0.25, -0.2) is 4.99 Å². The van der Waals surface area contributed by atoms with Crippen LogP contribution in [0.3, 0.4) is 0 Å². The summed E-state index contributed by atoms with van der Waals surface area (Å²) >= 11 is 0. The summed E-state index contributed by atoms with van der Waals surface area (Å²) < 4.78 is 0. The van der Waals surface area contributed by atoms with Crippen molar-refractivity contribution in [3.63, 3.8) is 0 Å². The van der Waals surface area contributed by atoms with E-state index in [0.717, 1.165) is 5.69 Å². The summed E-state index contributed by atoms with van der Waals surface area (Å²) in [5.41, 5.74) is 1.76. The molecule has 0 aromatic heterocycles. The van der Waals surface area contributed by atoms with Crippen LogP contribution in [0.1, 0.15) is 0 Å². The van der Waals surface area contributed by atoms with Crippen molar-refractivity contribution >= 4 is 23.4 Å². The van der Waals surface area contributed by atoms with Crippen LogP contribution in [0.5, 0.6) is 0 Å². The van der Waals surface area contributed by atoms with Crippen LogP contribution in [0.4, 0.5) is 17.1 Å². The number of nitrogens with zero attached hydrogens (tertiary/aromatic N) is 3. The zero-order valence-electron chi connectivity index (χ0n) is 10.4. The van der Waals surface area contributed by atoms with E-state index in [1.165, 1.54) is 12.1 Å². The van der Waals surface area contributed by atoms with Crippen molar-refractivity contribution in [3.05, 3.63) is 64.7 Å². The Labute approximate surface area is 111 Å². The normalized spacial score (nSPS) is 10.6. The third kappa shape index (κ3) is 3.38. The molecule has 0 amide bonds. The second-order valence-electron chi connectivity index (χ2n) is 3.96. The Kier molecular flexibility index (Phi) is 3.87. The van der Waals surface area contributed by atoms with Crippen molar-refractivity contribution in [1.29, 1.82) is 0 Å². The number of para-hydroxylation sites is 1. The first kappa shape index (κ1) is 12.8. The number of aliphatic imine (C=N–C) groups is 1. The molecule has 5 nitrogen and oxygen atoms in total. The molecule has 0 fully saturated rings. The Bertz CT molecular complexity index is 579. The molecule has 5 heteroatoms. The van der Waals surface area contributed by atoms with Crippen LogP contribution in [0, 0.1) is 10.1 Å². The number of hydrogen-bond acceptors (Lipinski definition) is 3. The Morgan fingerprint density at radius 3 is 2.32 bits per heavy atom. The first-order valence-electron chi connectivity index (χ1n) is 5.73. The molecule has 0 radical (unpaired) electrons. The highest BCUT2D eigenvalue weighted by Crippen LogP contribution is 2.18. The number of nitro benzene ring substituents is 1. The summed E-state index contributed by atoms with van der Waals surface area (Å²) in [6.45, 7) is 0. The summed E-state index contributed by atoms with van der Waals surface area (Å²) in [5.74, 6) is 0. The highest BCUT2D eigenvalue weighted by atomic mass is 16.6. The van der Waals surface area contributed by atoms with Crippen molar-refractivity contribution in [2.75, 3.05) is 11.9 Å². The summed E-state index contributed by atoms with van der Waals surface area (Å²) in [4.78, 5) is 16.2. The van der Waals surface area contributed by atoms with E-state index in [2.05, 4.69) is 4.99 Å². The van der Waals surface area contributed by atoms with E-state index in [4.69, 9.17) is 0 Å². The van der Waals surface area contributed by atoms with E-state index in [1.807, 2.05) is 42.3 Å². The second-order valence-corrected chi connectivity index (χ2v) is 3.96. The van der Waals surface area contributed by atoms with Gasteiger partial charge in [0.15, 0.2) is 0 Å². The van der Waals surface area contributed by atoms with Gasteiger partial charge in [0.05, 0.1) is 16.9 Å². The maximum Gasteiger partial charge on any atom is 0.269 e. The molecule has 0 saturated carbocycles. The molecule has 0 spiro atoms. The molecule has 2 aromatic carbocycles. The number of rotatable bonds is 4. The minimum absolute atomic E-state index is 0.0652. The van der Waals surface area contributed by atoms with E-state index >= 15 is 0 Å². The fourth-order valence-corrected chi connectivity index (χ4v) is 1.54. The zero-order valence-corrected chi connectivity index (χ0v) is 10.4. The number of hydrogen-bond donors (Lipinski definition) is 0. The van der Waals surface area contributed by atoms with Gasteiger partial charge in [-0.05, 0) is 24.3 Å². The molecule has 0 heterocycles. The summed E-state index contributed by atoms with van der Waals surface area (Å²) in [5, 5.41) is 10.5. The van der Waals surface area contributed by atoms with Crippen LogP contribution in [0.25, 0.3) is 0 Å². The minimum atomic E-state index is -0.427. The predicted octanol–water partition coefficient (Wildman–Crippen LogP) is 3.39. The van der Waals surface area contributed by atoms with Gasteiger partial charge in [0, 0.05) is 24.9 Å². The standard InChI is InChI=1S/C14H13N3O2/c1-16(13-5-3-2-4-6-13)11-15-12-7-9-14(10-8-12)17(18)19/h2-11H,1H3. The molecule has 2 rings (SSSR count). The molecule has 96 valence electrons. The number of nitro groups is 1. The maximum absolute atomic E-state index is 10.5. The van der Waals surface area contributed by atoms with Crippen LogP contribution >= 0.6 is 0 Å². The average molecular weight is 255 g/mol. The van der Waals surface area contributed by atoms with Gasteiger partial charge in [-0.1, -0.05) is 18.2 Å². The highest BCUT2D eigenvalue weighted by molar-refractivity contribution is 5.80. The quantitative estimate of drug-likeness (QED) is 0.364. The predicted molar refractivity (Wildman–Crippen MR) is 76.1 cm³/mol. The minimum Gasteiger partial charge on any atom is -0.336 e. The molecule has 0 saturated heterocycles. The van der Waals surface area contributed by atoms with Crippen LogP contribution in [-0.2, 0) is 0 Å². The molecule has 2 aromatic rings. The van der Waals surface area contributed by atoms with Gasteiger partial charge in [-0.2, -0.15) is 0 Å². The Balaban J connectivity index is 2.08. The van der Waals surface area contributed by atoms with E-state index < -0.39 is 4.92 Å². The largest absolute Gasteiger partial charge is 0.336 e. The third-order valence-corrected chi connectivity index (χ3v) is 2.60. The Hall–Kier alpha value is -2.69. The summed E-state index contributed by atoms with van der Waals surface area (Å²) in [6, 6.07) is 15.9. The van der Waals surface area contributed by atoms with E-state index in [-0.39, 0.29) is 5.69 Å². The number of anilines is 1. The first-order chi connectivity index (χ1) is 9.16. The Morgan fingerprint density at radius 1 is 1.11 bits per heavy atom. The van der Waals surface area contributed by atoms with Gasteiger partial charge < -0.3 is 4.90 Å². The summed E-state index contributed by atoms with van der Waals surface area (Å²) in [6.07, 6.45) is 1.68. The summed E-state index contributed by atoms with van der Waals surface area (Å²) in [7, 11) is 1.89. The van der Waals surface area contributed by atoms with E-state index in [9.17, 15) is 10.1 Å². The fraction of sp³-hybridized carbons (Fsp3) is 0.0714. The highest BCUT2D eigenvalue weighted by Gasteiger charge is 2.02. The smallest absolute Gasteiger partial charge is 0.269 e. The third-order valence-electron chi connectivity index (χ3n) is 2.60. The van der Waals surface area contributed by atoms with Gasteiger partial charge in [0.1, 0.15) is 0 Å². The van der Waals surface area contributed by atoms with Crippen molar-refractivity contribution in [2.45, 2.75) is 0 Å². The van der Waals surface area contributed by atoms with Crippen molar-refractivity contribution < 1.29 is 4.92 Å². The van der Waals surface area contributed by atoms with Crippen molar-refractivity contribution in [3.8, 4) is 0 Å². The SMILES string of the molecule is CN(C=Nc1ccc([N+](=O)[O-])cc1)c1ccccc1. The lowest BCUT2D eigenvalue weighted by atomic mass is 10.3. The van der Waals surface area contributed by atoms with Crippen LogP contribution in [-0.4, -0.2) is 18.3 Å². The first-order valence-corrected chi connectivity index (χ1v) is 5.73.